The molecule has 1 atom stereocenters. The van der Waals surface area contributed by atoms with E-state index in [1.807, 2.05) is 0 Å². The maximum atomic E-state index is 13.6. The fourth-order valence-electron chi connectivity index (χ4n) is 4.20. The van der Waals surface area contributed by atoms with E-state index in [1.54, 1.807) is 57.2 Å². The lowest BCUT2D eigenvalue weighted by Crippen LogP contribution is -2.48. The number of amides is 2. The van der Waals surface area contributed by atoms with Crippen molar-refractivity contribution in [2.45, 2.75) is 38.2 Å². The molecule has 0 aromatic heterocycles. The lowest BCUT2D eigenvalue weighted by Gasteiger charge is -2.25. The van der Waals surface area contributed by atoms with Crippen molar-refractivity contribution in [1.29, 1.82) is 0 Å². The molecule has 2 aromatic rings. The molecule has 7 nitrogen and oxygen atoms in total. The zero-order chi connectivity index (χ0) is 21.8. The Morgan fingerprint density at radius 3 is 2.30 bits per heavy atom. The number of hydrogen-bond donors (Lipinski definition) is 0. The molecule has 4 rings (SSSR count). The van der Waals surface area contributed by atoms with Gasteiger partial charge in [0, 0.05) is 11.1 Å². The highest BCUT2D eigenvalue weighted by molar-refractivity contribution is 6.34. The van der Waals surface area contributed by atoms with Gasteiger partial charge in [-0.3, -0.25) is 9.59 Å². The number of methoxy groups -OCH3 is 2. The zero-order valence-electron chi connectivity index (χ0n) is 17.6. The molecule has 0 saturated heterocycles. The molecule has 2 aromatic carbocycles. The van der Waals surface area contributed by atoms with Gasteiger partial charge >= 0.3 is 6.09 Å². The first-order chi connectivity index (χ1) is 14.1. The molecule has 30 heavy (non-hydrogen) atoms. The summed E-state index contributed by atoms with van der Waals surface area (Å²) in [4.78, 5) is 41.1. The molecule has 156 valence electrons. The first kappa shape index (κ1) is 19.9. The third-order valence-corrected chi connectivity index (χ3v) is 5.45. The normalized spacial score (nSPS) is 19.7. The number of Topliss-reactive ketones (excluding diaryl/α,β-unsaturated/α-hetero) is 1. The molecule has 0 radical (unpaired) electrons. The van der Waals surface area contributed by atoms with Gasteiger partial charge in [0.2, 0.25) is 0 Å². The van der Waals surface area contributed by atoms with Crippen LogP contribution in [-0.2, 0) is 21.4 Å². The van der Waals surface area contributed by atoms with E-state index in [0.717, 1.165) is 4.90 Å². The van der Waals surface area contributed by atoms with Crippen LogP contribution in [0, 0.1) is 0 Å². The number of para-hydroxylation sites is 1. The molecule has 0 N–H and O–H groups in total. The number of benzene rings is 2. The van der Waals surface area contributed by atoms with Crippen LogP contribution in [0.4, 0.5) is 10.5 Å². The van der Waals surface area contributed by atoms with Gasteiger partial charge in [-0.1, -0.05) is 18.2 Å². The lowest BCUT2D eigenvalue weighted by molar-refractivity contribution is -0.121. The molecule has 0 fully saturated rings. The van der Waals surface area contributed by atoms with E-state index >= 15 is 0 Å². The van der Waals surface area contributed by atoms with E-state index in [9.17, 15) is 14.4 Å². The van der Waals surface area contributed by atoms with E-state index in [0.29, 0.717) is 33.9 Å². The van der Waals surface area contributed by atoms with Crippen LogP contribution in [0.5, 0.6) is 11.5 Å². The fourth-order valence-corrected chi connectivity index (χ4v) is 4.20. The van der Waals surface area contributed by atoms with E-state index in [1.165, 1.54) is 14.2 Å². The Morgan fingerprint density at radius 1 is 1.03 bits per heavy atom. The molecule has 1 aliphatic carbocycles. The van der Waals surface area contributed by atoms with Gasteiger partial charge in [-0.05, 0) is 51.0 Å². The predicted molar refractivity (Wildman–Crippen MR) is 109 cm³/mol. The van der Waals surface area contributed by atoms with Crippen LogP contribution in [0.2, 0.25) is 0 Å². The second-order valence-electron chi connectivity index (χ2n) is 8.41. The zero-order valence-corrected chi connectivity index (χ0v) is 17.6. The van der Waals surface area contributed by atoms with Crippen LogP contribution in [0.15, 0.2) is 36.4 Å². The Hall–Kier alpha value is -3.35. The smallest absolute Gasteiger partial charge is 0.421 e. The molecule has 2 aliphatic rings. The summed E-state index contributed by atoms with van der Waals surface area (Å²) in [7, 11) is 3.00. The van der Waals surface area contributed by atoms with Crippen molar-refractivity contribution in [3.63, 3.8) is 0 Å². The van der Waals surface area contributed by atoms with Gasteiger partial charge in [0.05, 0.1) is 19.9 Å². The molecule has 0 saturated carbocycles. The summed E-state index contributed by atoms with van der Waals surface area (Å²) in [5.41, 5.74) is -0.357. The minimum Gasteiger partial charge on any atom is -0.493 e. The van der Waals surface area contributed by atoms with Crippen LogP contribution >= 0.6 is 0 Å². The summed E-state index contributed by atoms with van der Waals surface area (Å²) in [5, 5.41) is 0. The SMILES string of the molecule is COc1cc2c(cc1OC)C(=O)[C@]1(C2)C(=O)N(C(=O)OC(C)(C)C)c2ccccc21. The summed E-state index contributed by atoms with van der Waals surface area (Å²) in [6.07, 6.45) is -0.660. The Bertz CT molecular complexity index is 1080. The highest BCUT2D eigenvalue weighted by Gasteiger charge is 2.61. The third-order valence-electron chi connectivity index (χ3n) is 5.45. The molecule has 2 amide bonds. The Morgan fingerprint density at radius 2 is 1.67 bits per heavy atom. The number of carbonyl (C=O) groups excluding carboxylic acids is 3. The van der Waals surface area contributed by atoms with Crippen molar-refractivity contribution in [1.82, 2.24) is 0 Å². The Balaban J connectivity index is 1.86. The van der Waals surface area contributed by atoms with Crippen LogP contribution in [0.1, 0.15) is 42.3 Å². The van der Waals surface area contributed by atoms with Gasteiger partial charge < -0.3 is 14.2 Å². The van der Waals surface area contributed by atoms with Crippen molar-refractivity contribution in [2.24, 2.45) is 0 Å². The van der Waals surface area contributed by atoms with E-state index in [-0.39, 0.29) is 12.2 Å². The van der Waals surface area contributed by atoms with E-state index in [4.69, 9.17) is 14.2 Å². The molecule has 0 bridgehead atoms. The van der Waals surface area contributed by atoms with Crippen molar-refractivity contribution in [2.75, 3.05) is 19.1 Å². The predicted octanol–water partition coefficient (Wildman–Crippen LogP) is 3.66. The number of nitrogens with zero attached hydrogens (tertiary/aromatic N) is 1. The Kier molecular flexibility index (Phi) is 4.38. The minimum absolute atomic E-state index is 0.136. The topological polar surface area (TPSA) is 82.1 Å². The number of ketones is 1. The molecule has 7 heteroatoms. The first-order valence-electron chi connectivity index (χ1n) is 9.61. The van der Waals surface area contributed by atoms with Crippen LogP contribution in [0.3, 0.4) is 0 Å². The van der Waals surface area contributed by atoms with Gasteiger partial charge in [-0.2, -0.15) is 0 Å². The van der Waals surface area contributed by atoms with Gasteiger partial charge in [0.25, 0.3) is 5.91 Å². The summed E-state index contributed by atoms with van der Waals surface area (Å²) >= 11 is 0. The van der Waals surface area contributed by atoms with Gasteiger partial charge in [0.1, 0.15) is 11.0 Å². The van der Waals surface area contributed by atoms with E-state index < -0.39 is 23.0 Å². The maximum Gasteiger partial charge on any atom is 0.421 e. The highest BCUT2D eigenvalue weighted by Crippen LogP contribution is 2.51. The van der Waals surface area contributed by atoms with Gasteiger partial charge in [-0.25, -0.2) is 9.69 Å². The first-order valence-corrected chi connectivity index (χ1v) is 9.61. The fraction of sp³-hybridized carbons (Fsp3) is 0.348. The second kappa shape index (κ2) is 6.58. The molecule has 1 aliphatic heterocycles. The number of rotatable bonds is 2. The number of anilines is 1. The number of fused-ring (bicyclic) bond motifs is 3. The van der Waals surface area contributed by atoms with Gasteiger partial charge in [-0.15, -0.1) is 0 Å². The molecule has 1 spiro atoms. The summed E-state index contributed by atoms with van der Waals surface area (Å²) in [6.45, 7) is 5.17. The summed E-state index contributed by atoms with van der Waals surface area (Å²) in [6, 6.07) is 10.2. The number of carbonyl (C=O) groups is 3. The van der Waals surface area contributed by atoms with Crippen molar-refractivity contribution in [3.8, 4) is 11.5 Å². The third kappa shape index (κ3) is 2.69. The monoisotopic (exact) mass is 409 g/mol. The average Bonchev–Trinajstić information content (AvgIpc) is 3.12. The largest absolute Gasteiger partial charge is 0.493 e. The molecular formula is C23H23NO6. The lowest BCUT2D eigenvalue weighted by atomic mass is 9.78. The quantitative estimate of drug-likeness (QED) is 0.704. The van der Waals surface area contributed by atoms with Crippen molar-refractivity contribution >= 4 is 23.5 Å². The summed E-state index contributed by atoms with van der Waals surface area (Å²) < 4.78 is 16.1. The number of imide groups is 1. The average molecular weight is 409 g/mol. The minimum atomic E-state index is -1.51. The maximum absolute atomic E-state index is 13.6. The van der Waals surface area contributed by atoms with Crippen LogP contribution in [-0.4, -0.2) is 37.6 Å². The van der Waals surface area contributed by atoms with Crippen LogP contribution in [0.25, 0.3) is 0 Å². The van der Waals surface area contributed by atoms with Crippen molar-refractivity contribution < 1.29 is 28.6 Å². The molecule has 1 heterocycles. The highest BCUT2D eigenvalue weighted by atomic mass is 16.6. The second-order valence-corrected chi connectivity index (χ2v) is 8.41. The Labute approximate surface area is 174 Å². The summed E-state index contributed by atoms with van der Waals surface area (Å²) in [5.74, 6) is -0.0766. The molecular weight excluding hydrogens is 386 g/mol. The van der Waals surface area contributed by atoms with E-state index in [2.05, 4.69) is 0 Å². The standard InChI is InChI=1S/C23H23NO6/c1-22(2,3)30-21(27)24-16-9-7-6-8-15(16)23(20(24)26)12-13-10-17(28-4)18(29-5)11-14(13)19(23)25/h6-11H,12H2,1-5H3/t23-/m1/s1. The van der Waals surface area contributed by atoms with Crippen LogP contribution < -0.4 is 14.4 Å². The number of hydrogen-bond acceptors (Lipinski definition) is 6. The number of ether oxygens (including phenoxy) is 3. The van der Waals surface area contributed by atoms with Gasteiger partial charge in [0.15, 0.2) is 17.3 Å². The van der Waals surface area contributed by atoms with Crippen molar-refractivity contribution in [3.05, 3.63) is 53.1 Å². The molecule has 0 unspecified atom stereocenters.